The number of ether oxygens (including phenoxy) is 2. The maximum atomic E-state index is 12.3. The van der Waals surface area contributed by atoms with Crippen molar-refractivity contribution in [1.29, 1.82) is 0 Å². The molecule has 0 saturated carbocycles. The van der Waals surface area contributed by atoms with Crippen LogP contribution >= 0.6 is 23.2 Å². The average molecular weight is 396 g/mol. The van der Waals surface area contributed by atoms with Crippen molar-refractivity contribution in [2.24, 2.45) is 0 Å². The van der Waals surface area contributed by atoms with Gasteiger partial charge in [0.15, 0.2) is 5.75 Å². The van der Waals surface area contributed by atoms with E-state index in [0.717, 1.165) is 24.5 Å². The molecule has 26 heavy (non-hydrogen) atoms. The highest BCUT2D eigenvalue weighted by molar-refractivity contribution is 6.37. The fraction of sp³-hybridized carbons (Fsp3) is 0.333. The van der Waals surface area contributed by atoms with E-state index in [1.54, 1.807) is 6.20 Å². The number of anilines is 1. The number of carbonyl (C=O) groups excluding carboxylic acids is 1. The van der Waals surface area contributed by atoms with Crippen molar-refractivity contribution >= 4 is 34.9 Å². The van der Waals surface area contributed by atoms with Crippen molar-refractivity contribution in [3.8, 4) is 5.75 Å². The Bertz CT molecular complexity index is 755. The third kappa shape index (κ3) is 4.38. The highest BCUT2D eigenvalue weighted by Gasteiger charge is 2.14. The summed E-state index contributed by atoms with van der Waals surface area (Å²) < 4.78 is 10.4. The second-order valence-corrected chi connectivity index (χ2v) is 6.59. The third-order valence-corrected chi connectivity index (χ3v) is 4.62. The molecule has 0 spiro atoms. The Morgan fingerprint density at radius 1 is 1.27 bits per heavy atom. The Balaban J connectivity index is 1.61. The first-order valence-corrected chi connectivity index (χ1v) is 8.93. The summed E-state index contributed by atoms with van der Waals surface area (Å²) in [5.74, 6) is 0.999. The van der Waals surface area contributed by atoms with Crippen LogP contribution in [-0.2, 0) is 11.3 Å². The molecule has 1 aliphatic heterocycles. The van der Waals surface area contributed by atoms with Crippen LogP contribution in [0.4, 0.5) is 5.82 Å². The van der Waals surface area contributed by atoms with Crippen LogP contribution in [0.5, 0.6) is 5.75 Å². The summed E-state index contributed by atoms with van der Waals surface area (Å²) in [6.07, 6.45) is 1.76. The minimum Gasteiger partial charge on any atom is -0.494 e. The molecular weight excluding hydrogens is 377 g/mol. The Morgan fingerprint density at radius 3 is 2.54 bits per heavy atom. The van der Waals surface area contributed by atoms with Crippen molar-refractivity contribution < 1.29 is 14.3 Å². The molecule has 0 aliphatic carbocycles. The number of aromatic nitrogens is 1. The monoisotopic (exact) mass is 395 g/mol. The van der Waals surface area contributed by atoms with Gasteiger partial charge in [0, 0.05) is 31.4 Å². The van der Waals surface area contributed by atoms with Crippen LogP contribution in [0.25, 0.3) is 0 Å². The van der Waals surface area contributed by atoms with Gasteiger partial charge in [-0.2, -0.15) is 0 Å². The van der Waals surface area contributed by atoms with E-state index in [1.165, 1.54) is 19.2 Å². The molecule has 0 radical (unpaired) electrons. The predicted octanol–water partition coefficient (Wildman–Crippen LogP) is 3.16. The zero-order chi connectivity index (χ0) is 18.5. The summed E-state index contributed by atoms with van der Waals surface area (Å²) in [6.45, 7) is 3.46. The van der Waals surface area contributed by atoms with Gasteiger partial charge in [0.2, 0.25) is 0 Å². The van der Waals surface area contributed by atoms with Crippen LogP contribution in [0.3, 0.4) is 0 Å². The van der Waals surface area contributed by atoms with E-state index in [0.29, 0.717) is 41.1 Å². The van der Waals surface area contributed by atoms with Gasteiger partial charge in [-0.15, -0.1) is 0 Å². The van der Waals surface area contributed by atoms with Gasteiger partial charge in [-0.25, -0.2) is 4.98 Å². The van der Waals surface area contributed by atoms with Crippen LogP contribution < -0.4 is 15.0 Å². The van der Waals surface area contributed by atoms with Crippen LogP contribution in [-0.4, -0.2) is 44.3 Å². The summed E-state index contributed by atoms with van der Waals surface area (Å²) in [5, 5.41) is 3.42. The first kappa shape index (κ1) is 18.8. The second kappa shape index (κ2) is 8.58. The van der Waals surface area contributed by atoms with Crippen LogP contribution in [0.2, 0.25) is 10.0 Å². The Labute approximate surface area is 162 Å². The van der Waals surface area contributed by atoms with Crippen LogP contribution in [0.1, 0.15) is 15.9 Å². The van der Waals surface area contributed by atoms with E-state index in [9.17, 15) is 4.79 Å². The number of nitrogens with one attached hydrogen (secondary N) is 1. The number of morpholine rings is 1. The minimum absolute atomic E-state index is 0.270. The van der Waals surface area contributed by atoms with Crippen molar-refractivity contribution in [3.05, 3.63) is 51.6 Å². The van der Waals surface area contributed by atoms with Gasteiger partial charge >= 0.3 is 0 Å². The number of nitrogens with zero attached hydrogens (tertiary/aromatic N) is 2. The lowest BCUT2D eigenvalue weighted by molar-refractivity contribution is 0.0951. The average Bonchev–Trinajstić information content (AvgIpc) is 2.67. The largest absolute Gasteiger partial charge is 0.494 e. The molecule has 3 rings (SSSR count). The number of halogens is 2. The molecule has 1 aliphatic rings. The Morgan fingerprint density at radius 2 is 1.96 bits per heavy atom. The lowest BCUT2D eigenvalue weighted by Crippen LogP contribution is -2.36. The summed E-state index contributed by atoms with van der Waals surface area (Å²) in [4.78, 5) is 19.0. The molecule has 0 unspecified atom stereocenters. The van der Waals surface area contributed by atoms with Crippen molar-refractivity contribution in [2.45, 2.75) is 6.54 Å². The molecule has 6 nitrogen and oxygen atoms in total. The first-order chi connectivity index (χ1) is 12.6. The number of hydrogen-bond donors (Lipinski definition) is 1. The lowest BCUT2D eigenvalue weighted by atomic mass is 10.2. The Hall–Kier alpha value is -2.02. The topological polar surface area (TPSA) is 63.7 Å². The van der Waals surface area contributed by atoms with Crippen molar-refractivity contribution in [3.63, 3.8) is 0 Å². The number of benzene rings is 1. The van der Waals surface area contributed by atoms with Gasteiger partial charge in [-0.1, -0.05) is 29.3 Å². The lowest BCUT2D eigenvalue weighted by Gasteiger charge is -2.27. The van der Waals surface area contributed by atoms with Gasteiger partial charge in [0.1, 0.15) is 5.82 Å². The quantitative estimate of drug-likeness (QED) is 0.841. The molecule has 8 heteroatoms. The molecule has 2 heterocycles. The summed E-state index contributed by atoms with van der Waals surface area (Å²) in [5.41, 5.74) is 1.28. The number of hydrogen-bond acceptors (Lipinski definition) is 5. The number of pyridine rings is 1. The SMILES string of the molecule is COc1c(Cl)cc(C(=O)NCc2ccc(N3CCOCC3)nc2)cc1Cl. The van der Waals surface area contributed by atoms with E-state index in [1.807, 2.05) is 12.1 Å². The molecule has 1 N–H and O–H groups in total. The van der Waals surface area contributed by atoms with Gasteiger partial charge < -0.3 is 19.7 Å². The van der Waals surface area contributed by atoms with Crippen molar-refractivity contribution in [1.82, 2.24) is 10.3 Å². The van der Waals surface area contributed by atoms with E-state index in [4.69, 9.17) is 32.7 Å². The third-order valence-electron chi connectivity index (χ3n) is 4.06. The van der Waals surface area contributed by atoms with E-state index < -0.39 is 0 Å². The predicted molar refractivity (Wildman–Crippen MR) is 101 cm³/mol. The standard InChI is InChI=1S/C18H19Cl2N3O3/c1-25-17-14(19)8-13(9-15(17)20)18(24)22-11-12-2-3-16(21-10-12)23-4-6-26-7-5-23/h2-3,8-10H,4-7,11H2,1H3,(H,22,24). The maximum absolute atomic E-state index is 12.3. The normalized spacial score (nSPS) is 14.2. The summed E-state index contributed by atoms with van der Waals surface area (Å²) >= 11 is 12.1. The zero-order valence-electron chi connectivity index (χ0n) is 14.3. The van der Waals surface area contributed by atoms with Crippen LogP contribution in [0, 0.1) is 0 Å². The molecule has 1 aromatic carbocycles. The molecule has 138 valence electrons. The summed E-state index contributed by atoms with van der Waals surface area (Å²) in [7, 11) is 1.47. The zero-order valence-corrected chi connectivity index (χ0v) is 15.8. The number of carbonyl (C=O) groups is 1. The second-order valence-electron chi connectivity index (χ2n) is 5.78. The molecule has 1 saturated heterocycles. The Kier molecular flexibility index (Phi) is 6.19. The molecule has 1 fully saturated rings. The highest BCUT2D eigenvalue weighted by atomic mass is 35.5. The highest BCUT2D eigenvalue weighted by Crippen LogP contribution is 2.33. The van der Waals surface area contributed by atoms with Gasteiger partial charge in [-0.05, 0) is 23.8 Å². The first-order valence-electron chi connectivity index (χ1n) is 8.17. The fourth-order valence-electron chi connectivity index (χ4n) is 2.67. The van der Waals surface area contributed by atoms with E-state index >= 15 is 0 Å². The molecular formula is C18H19Cl2N3O3. The van der Waals surface area contributed by atoms with Gasteiger partial charge in [-0.3, -0.25) is 4.79 Å². The van der Waals surface area contributed by atoms with E-state index in [2.05, 4.69) is 15.2 Å². The minimum atomic E-state index is -0.270. The summed E-state index contributed by atoms with van der Waals surface area (Å²) in [6, 6.07) is 6.96. The molecule has 1 amide bonds. The van der Waals surface area contributed by atoms with E-state index in [-0.39, 0.29) is 5.91 Å². The molecule has 0 bridgehead atoms. The molecule has 2 aromatic rings. The number of methoxy groups -OCH3 is 1. The van der Waals surface area contributed by atoms with Crippen molar-refractivity contribution in [2.75, 3.05) is 38.3 Å². The maximum Gasteiger partial charge on any atom is 0.251 e. The van der Waals surface area contributed by atoms with Crippen LogP contribution in [0.15, 0.2) is 30.5 Å². The smallest absolute Gasteiger partial charge is 0.251 e. The number of amides is 1. The fourth-order valence-corrected chi connectivity index (χ4v) is 3.31. The molecule has 0 atom stereocenters. The molecule has 1 aromatic heterocycles. The van der Waals surface area contributed by atoms with Gasteiger partial charge in [0.05, 0.1) is 30.4 Å². The number of rotatable bonds is 5. The van der Waals surface area contributed by atoms with Gasteiger partial charge in [0.25, 0.3) is 5.91 Å².